The van der Waals surface area contributed by atoms with Gasteiger partial charge in [-0.2, -0.15) is 12.6 Å². The van der Waals surface area contributed by atoms with Crippen LogP contribution in [0, 0.1) is 0 Å². The van der Waals surface area contributed by atoms with Gasteiger partial charge < -0.3 is 15.0 Å². The van der Waals surface area contributed by atoms with E-state index in [-0.39, 0.29) is 11.6 Å². The lowest BCUT2D eigenvalue weighted by molar-refractivity contribution is -0.0174. The van der Waals surface area contributed by atoms with Crippen LogP contribution in [0.1, 0.15) is 19.6 Å². The predicted octanol–water partition coefficient (Wildman–Crippen LogP) is 2.58. The third kappa shape index (κ3) is 3.96. The van der Waals surface area contributed by atoms with E-state index in [1.165, 1.54) is 12.7 Å². The van der Waals surface area contributed by atoms with Gasteiger partial charge in [0, 0.05) is 0 Å². The number of phosphoric acid groups is 1. The van der Waals surface area contributed by atoms with Crippen LogP contribution in [0.15, 0.2) is 43.0 Å². The van der Waals surface area contributed by atoms with Gasteiger partial charge in [-0.15, -0.1) is 0 Å². The molecule has 0 bridgehead atoms. The lowest BCUT2D eigenvalue weighted by atomic mass is 10.1. The molecule has 12 heteroatoms. The molecule has 3 heterocycles. The zero-order valence-electron chi connectivity index (χ0n) is 15.4. The van der Waals surface area contributed by atoms with E-state index >= 15 is 0 Å². The minimum atomic E-state index is -4.41. The SMILES string of the molecule is CC[C@H]1O[C@@H](n2cnc3c(N)ncnc32)C(S)[C@H]1OP(=O)(O)Oc1ccccc1. The van der Waals surface area contributed by atoms with Crippen molar-refractivity contribution in [3.63, 3.8) is 0 Å². The number of hydrogen-bond donors (Lipinski definition) is 3. The predicted molar refractivity (Wildman–Crippen MR) is 108 cm³/mol. The molecular formula is C17H20N5O5PS. The fraction of sp³-hybridized carbons (Fsp3) is 0.353. The van der Waals surface area contributed by atoms with Crippen LogP contribution >= 0.6 is 20.5 Å². The minimum Gasteiger partial charge on any atom is -0.404 e. The molecule has 10 nitrogen and oxygen atoms in total. The molecule has 2 aromatic heterocycles. The van der Waals surface area contributed by atoms with Crippen LogP contribution in [-0.2, 0) is 13.8 Å². The highest BCUT2D eigenvalue weighted by atomic mass is 32.1. The van der Waals surface area contributed by atoms with Crippen LogP contribution in [0.25, 0.3) is 11.2 Å². The Morgan fingerprint density at radius 2 is 2.07 bits per heavy atom. The molecule has 0 radical (unpaired) electrons. The summed E-state index contributed by atoms with van der Waals surface area (Å²) in [7, 11) is -4.41. The molecule has 29 heavy (non-hydrogen) atoms. The largest absolute Gasteiger partial charge is 0.527 e. The van der Waals surface area contributed by atoms with Crippen molar-refractivity contribution in [2.45, 2.75) is 37.0 Å². The number of benzene rings is 1. The summed E-state index contributed by atoms with van der Waals surface area (Å²) >= 11 is 4.61. The van der Waals surface area contributed by atoms with E-state index in [4.69, 9.17) is 19.5 Å². The number of aromatic nitrogens is 4. The van der Waals surface area contributed by atoms with Crippen molar-refractivity contribution in [1.29, 1.82) is 0 Å². The zero-order chi connectivity index (χ0) is 20.6. The molecule has 0 aliphatic carbocycles. The summed E-state index contributed by atoms with van der Waals surface area (Å²) in [6.07, 6.45) is 1.47. The van der Waals surface area contributed by atoms with Crippen molar-refractivity contribution in [2.24, 2.45) is 0 Å². The topological polar surface area (TPSA) is 135 Å². The summed E-state index contributed by atoms with van der Waals surface area (Å²) in [6.45, 7) is 1.89. The summed E-state index contributed by atoms with van der Waals surface area (Å²) in [5.74, 6) is 0.476. The Labute approximate surface area is 172 Å². The number of ether oxygens (including phenoxy) is 1. The molecule has 5 atom stereocenters. The number of nitrogens with zero attached hydrogens (tertiary/aromatic N) is 4. The summed E-state index contributed by atoms with van der Waals surface area (Å²) in [5.41, 5.74) is 6.76. The molecule has 0 amide bonds. The highest BCUT2D eigenvalue weighted by Crippen LogP contribution is 2.50. The molecule has 2 unspecified atom stereocenters. The first-order valence-electron chi connectivity index (χ1n) is 8.92. The smallest absolute Gasteiger partial charge is 0.404 e. The normalized spacial score (nSPS) is 26.4. The Morgan fingerprint density at radius 1 is 1.31 bits per heavy atom. The molecule has 0 spiro atoms. The number of anilines is 1. The van der Waals surface area contributed by atoms with Gasteiger partial charge in [0.25, 0.3) is 0 Å². The Kier molecular flexibility index (Phi) is 5.50. The second-order valence-corrected chi connectivity index (χ2v) is 8.42. The number of nitrogens with two attached hydrogens (primary N) is 1. The molecule has 1 saturated heterocycles. The minimum absolute atomic E-state index is 0.227. The van der Waals surface area contributed by atoms with Gasteiger partial charge in [0.05, 0.1) is 17.7 Å². The summed E-state index contributed by atoms with van der Waals surface area (Å²) < 4.78 is 30.9. The maximum absolute atomic E-state index is 12.6. The third-order valence-corrected chi connectivity index (χ3v) is 6.09. The van der Waals surface area contributed by atoms with Crippen molar-refractivity contribution in [3.05, 3.63) is 43.0 Å². The van der Waals surface area contributed by atoms with E-state index in [0.29, 0.717) is 17.6 Å². The van der Waals surface area contributed by atoms with Gasteiger partial charge in [0.2, 0.25) is 0 Å². The number of imidazole rings is 1. The average Bonchev–Trinajstić information content (AvgIpc) is 3.24. The van der Waals surface area contributed by atoms with Gasteiger partial charge in [0.1, 0.15) is 23.7 Å². The molecular weight excluding hydrogens is 417 g/mol. The number of thiol groups is 1. The Hall–Kier alpha value is -2.17. The lowest BCUT2D eigenvalue weighted by Gasteiger charge is -2.23. The van der Waals surface area contributed by atoms with Crippen molar-refractivity contribution < 1.29 is 23.2 Å². The number of para-hydroxylation sites is 1. The van der Waals surface area contributed by atoms with Crippen LogP contribution in [-0.4, -0.2) is 41.9 Å². The standard InChI is InChI=1S/C17H20N5O5PS/c1-2-11-13(27-28(23,24)26-10-6-4-3-5-7-10)14(29)17(25-11)22-9-21-12-15(18)19-8-20-16(12)22/h3-9,11,13-14,17,29H,2H2,1H3,(H,23,24)(H2,18,19,20)/t11-,13+,14?,17-/m1/s1. The van der Waals surface area contributed by atoms with E-state index in [1.54, 1.807) is 34.9 Å². The van der Waals surface area contributed by atoms with Gasteiger partial charge >= 0.3 is 7.82 Å². The maximum atomic E-state index is 12.6. The second-order valence-electron chi connectivity index (χ2n) is 6.49. The molecule has 1 aliphatic heterocycles. The van der Waals surface area contributed by atoms with Crippen molar-refractivity contribution in [3.8, 4) is 5.75 Å². The monoisotopic (exact) mass is 437 g/mol. The highest BCUT2D eigenvalue weighted by Gasteiger charge is 2.48. The van der Waals surface area contributed by atoms with Gasteiger partial charge in [0.15, 0.2) is 17.7 Å². The van der Waals surface area contributed by atoms with Crippen LogP contribution < -0.4 is 10.3 Å². The van der Waals surface area contributed by atoms with E-state index in [9.17, 15) is 9.46 Å². The molecule has 1 fully saturated rings. The van der Waals surface area contributed by atoms with E-state index < -0.39 is 31.5 Å². The first-order valence-corrected chi connectivity index (χ1v) is 10.9. The zero-order valence-corrected chi connectivity index (χ0v) is 17.2. The molecule has 154 valence electrons. The number of phosphoric ester groups is 1. The molecule has 3 aromatic rings. The Bertz CT molecular complexity index is 1050. The molecule has 0 saturated carbocycles. The number of rotatable bonds is 6. The summed E-state index contributed by atoms with van der Waals surface area (Å²) in [6, 6.07) is 8.29. The van der Waals surface area contributed by atoms with Crippen LogP contribution in [0.4, 0.5) is 5.82 Å². The maximum Gasteiger partial charge on any atom is 0.527 e. The fourth-order valence-corrected chi connectivity index (χ4v) is 4.82. The second kappa shape index (κ2) is 7.92. The van der Waals surface area contributed by atoms with Gasteiger partial charge in [-0.1, -0.05) is 25.1 Å². The van der Waals surface area contributed by atoms with Crippen LogP contribution in [0.3, 0.4) is 0 Å². The Morgan fingerprint density at radius 3 is 2.79 bits per heavy atom. The lowest BCUT2D eigenvalue weighted by Crippen LogP contribution is -2.30. The average molecular weight is 437 g/mol. The van der Waals surface area contributed by atoms with E-state index in [0.717, 1.165) is 0 Å². The molecule has 4 rings (SSSR count). The van der Waals surface area contributed by atoms with Gasteiger partial charge in [-0.3, -0.25) is 14.0 Å². The molecule has 1 aromatic carbocycles. The Balaban J connectivity index is 1.58. The van der Waals surface area contributed by atoms with E-state index in [1.807, 2.05) is 6.92 Å². The van der Waals surface area contributed by atoms with Gasteiger partial charge in [-0.25, -0.2) is 19.5 Å². The van der Waals surface area contributed by atoms with Crippen molar-refractivity contribution in [2.75, 3.05) is 5.73 Å². The fourth-order valence-electron chi connectivity index (χ4n) is 3.25. The molecule has 1 aliphatic rings. The molecule has 3 N–H and O–H groups in total. The number of fused-ring (bicyclic) bond motifs is 1. The van der Waals surface area contributed by atoms with Crippen LogP contribution in [0.2, 0.25) is 0 Å². The van der Waals surface area contributed by atoms with Crippen molar-refractivity contribution in [1.82, 2.24) is 19.5 Å². The van der Waals surface area contributed by atoms with E-state index in [2.05, 4.69) is 27.6 Å². The number of nitrogen functional groups attached to an aromatic ring is 1. The van der Waals surface area contributed by atoms with Crippen LogP contribution in [0.5, 0.6) is 5.75 Å². The quantitative estimate of drug-likeness (QED) is 0.393. The number of hydrogen-bond acceptors (Lipinski definition) is 9. The highest BCUT2D eigenvalue weighted by molar-refractivity contribution is 7.81. The van der Waals surface area contributed by atoms with Crippen molar-refractivity contribution >= 4 is 37.4 Å². The first-order chi connectivity index (χ1) is 13.9. The third-order valence-electron chi connectivity index (χ3n) is 4.59. The summed E-state index contributed by atoms with van der Waals surface area (Å²) in [4.78, 5) is 22.6. The first kappa shape index (κ1) is 20.1. The van der Waals surface area contributed by atoms with Gasteiger partial charge in [-0.05, 0) is 18.6 Å². The summed E-state index contributed by atoms with van der Waals surface area (Å²) in [5, 5.41) is -0.589.